The fraction of sp³-hybridized carbons (Fsp3) is 0.333. The number of aryl methyl sites for hydroxylation is 1. The maximum absolute atomic E-state index is 13.6. The smallest absolute Gasteiger partial charge is 0.390 e. The van der Waals surface area contributed by atoms with E-state index in [1.54, 1.807) is 36.0 Å². The molecule has 0 bridgehead atoms. The summed E-state index contributed by atoms with van der Waals surface area (Å²) in [6.07, 6.45) is -2.17. The summed E-state index contributed by atoms with van der Waals surface area (Å²) in [4.78, 5) is 14.5. The largest absolute Gasteiger partial charge is 0.416 e. The molecule has 1 amide bonds. The Balaban J connectivity index is 1.57. The highest BCUT2D eigenvalue weighted by molar-refractivity contribution is 6.10. The van der Waals surface area contributed by atoms with E-state index < -0.39 is 28.7 Å². The molecule has 1 aliphatic heterocycles. The van der Waals surface area contributed by atoms with Gasteiger partial charge >= 0.3 is 6.18 Å². The van der Waals surface area contributed by atoms with E-state index in [-0.39, 0.29) is 23.2 Å². The molecule has 1 aromatic heterocycles. The molecule has 5 rings (SSSR count). The number of carbonyl (C=O) groups excluding carboxylic acids is 1. The molecular weight excluding hydrogens is 433 g/mol. The third-order valence-corrected chi connectivity index (χ3v) is 6.62. The number of fused-ring (bicyclic) bond motifs is 1. The predicted octanol–water partition coefficient (Wildman–Crippen LogP) is 4.01. The molecule has 1 saturated carbocycles. The second kappa shape index (κ2) is 6.90. The van der Waals surface area contributed by atoms with Gasteiger partial charge in [-0.1, -0.05) is 12.1 Å². The zero-order valence-corrected chi connectivity index (χ0v) is 18.1. The molecule has 0 unspecified atom stereocenters. The molecule has 2 aromatic carbocycles. The van der Waals surface area contributed by atoms with Gasteiger partial charge < -0.3 is 14.6 Å². The normalized spacial score (nSPS) is 24.7. The topological polar surface area (TPSA) is 71.2 Å². The molecule has 1 aliphatic carbocycles. The number of alkyl halides is 3. The van der Waals surface area contributed by atoms with Crippen molar-refractivity contribution in [1.29, 1.82) is 0 Å². The molecule has 0 atom stereocenters. The van der Waals surface area contributed by atoms with E-state index in [2.05, 4.69) is 17.1 Å². The molecule has 1 N–H and O–H groups in total. The van der Waals surface area contributed by atoms with Crippen molar-refractivity contribution >= 4 is 11.6 Å². The Morgan fingerprint density at radius 1 is 1.18 bits per heavy atom. The van der Waals surface area contributed by atoms with Gasteiger partial charge in [-0.3, -0.25) is 4.79 Å². The van der Waals surface area contributed by atoms with Gasteiger partial charge in [0.25, 0.3) is 5.91 Å². The molecule has 171 valence electrons. The van der Waals surface area contributed by atoms with Crippen molar-refractivity contribution in [2.75, 3.05) is 4.90 Å². The van der Waals surface area contributed by atoms with Gasteiger partial charge in [-0.15, -0.1) is 10.2 Å². The molecule has 6 nitrogen and oxygen atoms in total. The summed E-state index contributed by atoms with van der Waals surface area (Å²) < 4.78 is 42.7. The molecule has 3 aromatic rings. The Kier molecular flexibility index (Phi) is 4.52. The summed E-state index contributed by atoms with van der Waals surface area (Å²) in [6.45, 7) is 5.18. The monoisotopic (exact) mass is 455 g/mol. The number of halogens is 3. The van der Waals surface area contributed by atoms with Gasteiger partial charge in [0.15, 0.2) is 0 Å². The number of hydrogen-bond donors (Lipinski definition) is 1. The molecule has 1 fully saturated rings. The lowest BCUT2D eigenvalue weighted by molar-refractivity contribution is -0.138. The highest BCUT2D eigenvalue weighted by Gasteiger charge is 2.55. The lowest BCUT2D eigenvalue weighted by Crippen LogP contribution is -2.54. The number of amides is 1. The summed E-state index contributed by atoms with van der Waals surface area (Å²) >= 11 is 0. The van der Waals surface area contributed by atoms with Crippen molar-refractivity contribution < 1.29 is 23.1 Å². The second-order valence-electron chi connectivity index (χ2n) is 9.31. The number of rotatable bonds is 3. The van der Waals surface area contributed by atoms with Gasteiger partial charge in [-0.25, -0.2) is 0 Å². The Labute approximate surface area is 188 Å². The van der Waals surface area contributed by atoms with Crippen LogP contribution in [-0.2, 0) is 25.2 Å². The molecular formula is C24H22F3N4O2. The van der Waals surface area contributed by atoms with Crippen molar-refractivity contribution in [3.63, 3.8) is 0 Å². The lowest BCUT2D eigenvalue weighted by Gasteiger charge is -2.51. The number of anilines is 1. The first kappa shape index (κ1) is 21.6. The van der Waals surface area contributed by atoms with Gasteiger partial charge in [-0.2, -0.15) is 13.2 Å². The minimum atomic E-state index is -4.58. The maximum atomic E-state index is 13.6. The first-order chi connectivity index (χ1) is 15.4. The number of benzene rings is 2. The summed E-state index contributed by atoms with van der Waals surface area (Å²) in [5, 5.41) is 18.8. The van der Waals surface area contributed by atoms with Gasteiger partial charge in [-0.05, 0) is 67.6 Å². The molecule has 33 heavy (non-hydrogen) atoms. The van der Waals surface area contributed by atoms with Crippen LogP contribution in [0.3, 0.4) is 0 Å². The molecule has 1 radical (unpaired) electrons. The van der Waals surface area contributed by atoms with Crippen molar-refractivity contribution in [3.8, 4) is 0 Å². The average molecular weight is 455 g/mol. The highest BCUT2D eigenvalue weighted by atomic mass is 19.4. The Morgan fingerprint density at radius 2 is 1.91 bits per heavy atom. The molecule has 2 aliphatic rings. The number of aliphatic hydroxyl groups is 1. The predicted molar refractivity (Wildman–Crippen MR) is 114 cm³/mol. The highest BCUT2D eigenvalue weighted by Crippen LogP contribution is 2.54. The van der Waals surface area contributed by atoms with Gasteiger partial charge in [0.05, 0.1) is 23.1 Å². The van der Waals surface area contributed by atoms with Gasteiger partial charge in [0.1, 0.15) is 12.2 Å². The third kappa shape index (κ3) is 3.33. The van der Waals surface area contributed by atoms with Crippen molar-refractivity contribution in [2.45, 2.75) is 43.5 Å². The minimum Gasteiger partial charge on any atom is -0.390 e. The maximum Gasteiger partial charge on any atom is 0.416 e. The zero-order valence-electron chi connectivity index (χ0n) is 18.1. The van der Waals surface area contributed by atoms with E-state index in [1.807, 2.05) is 13.1 Å². The Morgan fingerprint density at radius 3 is 2.52 bits per heavy atom. The molecule has 0 spiro atoms. The van der Waals surface area contributed by atoms with Gasteiger partial charge in [0.2, 0.25) is 0 Å². The van der Waals surface area contributed by atoms with Gasteiger partial charge in [0, 0.05) is 18.3 Å². The Hall–Kier alpha value is -3.20. The number of nitrogens with zero attached hydrogens (tertiary/aromatic N) is 4. The fourth-order valence-corrected chi connectivity index (χ4v) is 5.36. The van der Waals surface area contributed by atoms with Crippen LogP contribution < -0.4 is 4.90 Å². The quantitative estimate of drug-likeness (QED) is 0.648. The molecule has 2 heterocycles. The van der Waals surface area contributed by atoms with E-state index in [0.717, 1.165) is 11.6 Å². The summed E-state index contributed by atoms with van der Waals surface area (Å²) in [6, 6.07) is 9.53. The van der Waals surface area contributed by atoms with E-state index in [9.17, 15) is 23.1 Å². The van der Waals surface area contributed by atoms with Crippen molar-refractivity contribution in [2.24, 2.45) is 7.05 Å². The van der Waals surface area contributed by atoms with E-state index in [4.69, 9.17) is 0 Å². The van der Waals surface area contributed by atoms with Crippen LogP contribution in [0.15, 0.2) is 42.7 Å². The first-order valence-electron chi connectivity index (χ1n) is 10.5. The van der Waals surface area contributed by atoms with Crippen LogP contribution in [0.4, 0.5) is 18.9 Å². The van der Waals surface area contributed by atoms with Crippen molar-refractivity contribution in [3.05, 3.63) is 83.3 Å². The van der Waals surface area contributed by atoms with Crippen LogP contribution >= 0.6 is 0 Å². The lowest BCUT2D eigenvalue weighted by atomic mass is 9.56. The molecule has 9 heteroatoms. The number of aromatic nitrogens is 3. The van der Waals surface area contributed by atoms with Crippen LogP contribution in [0.25, 0.3) is 0 Å². The third-order valence-electron chi connectivity index (χ3n) is 6.62. The zero-order chi connectivity index (χ0) is 23.8. The number of hydrogen-bond acceptors (Lipinski definition) is 4. The van der Waals surface area contributed by atoms with Crippen LogP contribution in [0.5, 0.6) is 0 Å². The minimum absolute atomic E-state index is 0.0230. The van der Waals surface area contributed by atoms with Crippen molar-refractivity contribution in [1.82, 2.24) is 14.8 Å². The summed E-state index contributed by atoms with van der Waals surface area (Å²) in [5.41, 5.74) is -0.896. The van der Waals surface area contributed by atoms with Crippen LogP contribution in [-0.4, -0.2) is 31.4 Å². The summed E-state index contributed by atoms with van der Waals surface area (Å²) in [5.74, 6) is 0.190. The standard InChI is InChI=1S/C24H22F3N4O2/c1-14-7-17-18(19(8-14)24(25,26)27)10-31(20(17)32)16-6-4-5-15(9-16)23(11-22(2,33)12-23)21-29-28-13-30(21)3/h4-9,13,33H,1,10-12H2,2-3H3. The second-order valence-corrected chi connectivity index (χ2v) is 9.31. The molecule has 0 saturated heterocycles. The van der Waals surface area contributed by atoms with E-state index in [1.165, 1.54) is 11.0 Å². The fourth-order valence-electron chi connectivity index (χ4n) is 5.36. The van der Waals surface area contributed by atoms with Crippen LogP contribution in [0, 0.1) is 6.92 Å². The van der Waals surface area contributed by atoms with E-state index >= 15 is 0 Å². The first-order valence-corrected chi connectivity index (χ1v) is 10.5. The number of carbonyl (C=O) groups is 1. The average Bonchev–Trinajstić information content (AvgIpc) is 3.28. The Bertz CT molecular complexity index is 1270. The SMILES string of the molecule is [CH2]c1cc2c(c(C(F)(F)F)c1)CN(c1cccc(C3(c4nncn4C)CC(C)(O)C3)c1)C2=O. The van der Waals surface area contributed by atoms with Crippen LogP contribution in [0.2, 0.25) is 0 Å². The van der Waals surface area contributed by atoms with E-state index in [0.29, 0.717) is 24.4 Å². The van der Waals surface area contributed by atoms with Crippen LogP contribution in [0.1, 0.15) is 58.2 Å². The summed E-state index contributed by atoms with van der Waals surface area (Å²) in [7, 11) is 1.82.